The lowest BCUT2D eigenvalue weighted by atomic mass is 9.95. The molecule has 1 saturated carbocycles. The van der Waals surface area contributed by atoms with Crippen molar-refractivity contribution in [2.75, 3.05) is 0 Å². The van der Waals surface area contributed by atoms with E-state index < -0.39 is 0 Å². The van der Waals surface area contributed by atoms with Crippen LogP contribution in [0.2, 0.25) is 0 Å². The monoisotopic (exact) mass is 216 g/mol. The van der Waals surface area contributed by atoms with Crippen LogP contribution < -0.4 is 10.6 Å². The van der Waals surface area contributed by atoms with Crippen LogP contribution in [0.5, 0.6) is 0 Å². The van der Waals surface area contributed by atoms with Crippen molar-refractivity contribution in [1.82, 2.24) is 10.6 Å². The van der Waals surface area contributed by atoms with Crippen molar-refractivity contribution in [2.45, 2.75) is 37.9 Å². The number of nitrogens with one attached hydrogen (secondary N) is 2. The zero-order valence-corrected chi connectivity index (χ0v) is 9.20. The first-order valence-corrected chi connectivity index (χ1v) is 5.93. The summed E-state index contributed by atoms with van der Waals surface area (Å²) in [5.41, 5.74) is 2.62. The first-order valence-electron chi connectivity index (χ1n) is 5.93. The molecule has 1 aliphatic carbocycles. The number of hydrogen-bond donors (Lipinski definition) is 2. The van der Waals surface area contributed by atoms with Gasteiger partial charge in [-0.25, -0.2) is 0 Å². The molecule has 0 saturated heterocycles. The van der Waals surface area contributed by atoms with Crippen LogP contribution in [-0.2, 0) is 17.8 Å². The van der Waals surface area contributed by atoms with Gasteiger partial charge in [0.05, 0.1) is 6.04 Å². The van der Waals surface area contributed by atoms with Crippen molar-refractivity contribution < 1.29 is 4.79 Å². The van der Waals surface area contributed by atoms with E-state index in [1.807, 2.05) is 12.1 Å². The van der Waals surface area contributed by atoms with Gasteiger partial charge in [0.2, 0.25) is 5.91 Å². The first-order chi connectivity index (χ1) is 7.83. The Balaban J connectivity index is 1.69. The van der Waals surface area contributed by atoms with Crippen molar-refractivity contribution in [3.05, 3.63) is 35.4 Å². The maximum absolute atomic E-state index is 11.9. The van der Waals surface area contributed by atoms with Gasteiger partial charge in [0.1, 0.15) is 0 Å². The number of carbonyl (C=O) groups excluding carboxylic acids is 1. The third-order valence-electron chi connectivity index (χ3n) is 3.32. The van der Waals surface area contributed by atoms with Crippen molar-refractivity contribution in [2.24, 2.45) is 0 Å². The highest BCUT2D eigenvalue weighted by atomic mass is 16.2. The molecule has 1 fully saturated rings. The summed E-state index contributed by atoms with van der Waals surface area (Å²) in [4.78, 5) is 11.9. The number of rotatable bonds is 2. The van der Waals surface area contributed by atoms with E-state index in [1.54, 1.807) is 0 Å². The Morgan fingerprint density at radius 3 is 2.75 bits per heavy atom. The Morgan fingerprint density at radius 2 is 2.00 bits per heavy atom. The third-order valence-corrected chi connectivity index (χ3v) is 3.32. The zero-order chi connectivity index (χ0) is 11.0. The molecule has 1 aromatic carbocycles. The molecule has 0 unspecified atom stereocenters. The summed E-state index contributed by atoms with van der Waals surface area (Å²) in [5.74, 6) is 0.164. The molecule has 1 aromatic rings. The quantitative estimate of drug-likeness (QED) is 0.773. The van der Waals surface area contributed by atoms with Crippen LogP contribution in [0.1, 0.15) is 24.0 Å². The molecule has 0 aromatic heterocycles. The molecule has 3 nitrogen and oxygen atoms in total. The third kappa shape index (κ3) is 1.95. The van der Waals surface area contributed by atoms with Gasteiger partial charge in [-0.1, -0.05) is 24.3 Å². The van der Waals surface area contributed by atoms with E-state index in [1.165, 1.54) is 11.1 Å². The van der Waals surface area contributed by atoms with Gasteiger partial charge in [-0.3, -0.25) is 4.79 Å². The van der Waals surface area contributed by atoms with E-state index in [9.17, 15) is 4.79 Å². The molecule has 2 N–H and O–H groups in total. The van der Waals surface area contributed by atoms with Crippen LogP contribution in [-0.4, -0.2) is 18.0 Å². The summed E-state index contributed by atoms with van der Waals surface area (Å²) in [6.07, 6.45) is 3.11. The van der Waals surface area contributed by atoms with Crippen LogP contribution in [0.3, 0.4) is 0 Å². The second-order valence-electron chi connectivity index (χ2n) is 4.69. The normalized spacial score (nSPS) is 23.6. The van der Waals surface area contributed by atoms with E-state index in [0.29, 0.717) is 6.04 Å². The lowest BCUT2D eigenvalue weighted by Crippen LogP contribution is -2.48. The largest absolute Gasteiger partial charge is 0.352 e. The second kappa shape index (κ2) is 3.91. The van der Waals surface area contributed by atoms with E-state index >= 15 is 0 Å². The van der Waals surface area contributed by atoms with Crippen molar-refractivity contribution in [1.29, 1.82) is 0 Å². The van der Waals surface area contributed by atoms with E-state index in [-0.39, 0.29) is 11.9 Å². The number of carbonyl (C=O) groups is 1. The maximum atomic E-state index is 11.9. The van der Waals surface area contributed by atoms with Crippen molar-refractivity contribution >= 4 is 5.91 Å². The standard InChI is InChI=1S/C13H16N2O/c16-13(15-11-5-6-11)12-7-9-3-1-2-4-10(9)8-14-12/h1-4,11-12,14H,5-8H2,(H,15,16)/t12-/m0/s1. The van der Waals surface area contributed by atoms with Gasteiger partial charge in [0.15, 0.2) is 0 Å². The SMILES string of the molecule is O=C(NC1CC1)[C@@H]1Cc2ccccc2CN1. The lowest BCUT2D eigenvalue weighted by Gasteiger charge is -2.25. The summed E-state index contributed by atoms with van der Waals surface area (Å²) in [5, 5.41) is 6.35. The lowest BCUT2D eigenvalue weighted by molar-refractivity contribution is -0.123. The predicted molar refractivity (Wildman–Crippen MR) is 61.9 cm³/mol. The van der Waals surface area contributed by atoms with Gasteiger partial charge >= 0.3 is 0 Å². The highest BCUT2D eigenvalue weighted by molar-refractivity contribution is 5.83. The van der Waals surface area contributed by atoms with Crippen LogP contribution >= 0.6 is 0 Å². The molecule has 0 radical (unpaired) electrons. The predicted octanol–water partition coefficient (Wildman–Crippen LogP) is 0.979. The number of fused-ring (bicyclic) bond motifs is 1. The van der Waals surface area contributed by atoms with Gasteiger partial charge in [-0.15, -0.1) is 0 Å². The summed E-state index contributed by atoms with van der Waals surface area (Å²) < 4.78 is 0. The summed E-state index contributed by atoms with van der Waals surface area (Å²) >= 11 is 0. The molecule has 84 valence electrons. The summed E-state index contributed by atoms with van der Waals surface area (Å²) in [6.45, 7) is 0.804. The number of hydrogen-bond acceptors (Lipinski definition) is 2. The van der Waals surface area contributed by atoms with Gasteiger partial charge in [-0.05, 0) is 30.4 Å². The molecule has 0 spiro atoms. The van der Waals surface area contributed by atoms with Crippen LogP contribution in [0, 0.1) is 0 Å². The van der Waals surface area contributed by atoms with Crippen LogP contribution in [0.4, 0.5) is 0 Å². The molecular formula is C13H16N2O. The second-order valence-corrected chi connectivity index (χ2v) is 4.69. The molecule has 1 aliphatic heterocycles. The average molecular weight is 216 g/mol. The maximum Gasteiger partial charge on any atom is 0.237 e. The Kier molecular flexibility index (Phi) is 2.40. The minimum atomic E-state index is -0.0458. The Bertz CT molecular complexity index is 412. The van der Waals surface area contributed by atoms with Gasteiger partial charge in [0, 0.05) is 12.6 Å². The van der Waals surface area contributed by atoms with E-state index in [0.717, 1.165) is 25.8 Å². The van der Waals surface area contributed by atoms with E-state index in [4.69, 9.17) is 0 Å². The van der Waals surface area contributed by atoms with Crippen LogP contribution in [0.15, 0.2) is 24.3 Å². The molecule has 0 bridgehead atoms. The molecule has 16 heavy (non-hydrogen) atoms. The molecule has 3 rings (SSSR count). The van der Waals surface area contributed by atoms with Crippen molar-refractivity contribution in [3.63, 3.8) is 0 Å². The fourth-order valence-electron chi connectivity index (χ4n) is 2.17. The highest BCUT2D eigenvalue weighted by Crippen LogP contribution is 2.20. The smallest absolute Gasteiger partial charge is 0.237 e. The molecule has 1 heterocycles. The molecule has 2 aliphatic rings. The van der Waals surface area contributed by atoms with Gasteiger partial charge < -0.3 is 10.6 Å². The summed E-state index contributed by atoms with van der Waals surface area (Å²) in [6, 6.07) is 8.73. The zero-order valence-electron chi connectivity index (χ0n) is 9.20. The average Bonchev–Trinajstić information content (AvgIpc) is 3.12. The minimum absolute atomic E-state index is 0.0458. The molecule has 3 heteroatoms. The molecular weight excluding hydrogens is 200 g/mol. The number of amides is 1. The highest BCUT2D eigenvalue weighted by Gasteiger charge is 2.29. The topological polar surface area (TPSA) is 41.1 Å². The van der Waals surface area contributed by atoms with Crippen molar-refractivity contribution in [3.8, 4) is 0 Å². The Hall–Kier alpha value is -1.35. The Morgan fingerprint density at radius 1 is 1.25 bits per heavy atom. The minimum Gasteiger partial charge on any atom is -0.352 e. The molecule has 1 atom stereocenters. The van der Waals surface area contributed by atoms with Gasteiger partial charge in [0.25, 0.3) is 0 Å². The van der Waals surface area contributed by atoms with Crippen LogP contribution in [0.25, 0.3) is 0 Å². The first kappa shape index (κ1) is 9.85. The summed E-state index contributed by atoms with van der Waals surface area (Å²) in [7, 11) is 0. The van der Waals surface area contributed by atoms with E-state index in [2.05, 4.69) is 22.8 Å². The molecule has 1 amide bonds. The van der Waals surface area contributed by atoms with Gasteiger partial charge in [-0.2, -0.15) is 0 Å². The number of benzene rings is 1. The fourth-order valence-corrected chi connectivity index (χ4v) is 2.17. The fraction of sp³-hybridized carbons (Fsp3) is 0.462. The Labute approximate surface area is 95.2 Å².